The predicted octanol–water partition coefficient (Wildman–Crippen LogP) is 3.35. The Bertz CT molecular complexity index is 504. The average molecular weight is 285 g/mol. The van der Waals surface area contributed by atoms with Gasteiger partial charge in [-0.2, -0.15) is 0 Å². The Morgan fingerprint density at radius 3 is 2.57 bits per heavy atom. The van der Waals surface area contributed by atoms with Crippen LogP contribution in [-0.4, -0.2) is 22.1 Å². The van der Waals surface area contributed by atoms with Crippen molar-refractivity contribution in [1.29, 1.82) is 0 Å². The van der Waals surface area contributed by atoms with Crippen molar-refractivity contribution in [2.75, 3.05) is 6.54 Å². The van der Waals surface area contributed by atoms with Crippen LogP contribution in [0.25, 0.3) is 0 Å². The summed E-state index contributed by atoms with van der Waals surface area (Å²) in [7, 11) is 2.07. The zero-order chi connectivity index (χ0) is 14.9. The summed E-state index contributed by atoms with van der Waals surface area (Å²) < 4.78 is 2.12. The van der Waals surface area contributed by atoms with E-state index in [2.05, 4.69) is 59.2 Å². The SMILES string of the molecule is CCCNC(CCc1ccccc1)CCc1nccn1C. The van der Waals surface area contributed by atoms with Crippen LogP contribution in [0.3, 0.4) is 0 Å². The van der Waals surface area contributed by atoms with Gasteiger partial charge in [0.2, 0.25) is 0 Å². The van der Waals surface area contributed by atoms with Crippen LogP contribution in [0, 0.1) is 0 Å². The molecule has 1 aromatic carbocycles. The molecule has 0 amide bonds. The first-order valence-electron chi connectivity index (χ1n) is 8.03. The second kappa shape index (κ2) is 8.63. The van der Waals surface area contributed by atoms with Crippen molar-refractivity contribution < 1.29 is 0 Å². The first kappa shape index (κ1) is 15.8. The van der Waals surface area contributed by atoms with Gasteiger partial charge in [0, 0.05) is 31.9 Å². The Balaban J connectivity index is 1.83. The summed E-state index contributed by atoms with van der Waals surface area (Å²) in [5, 5.41) is 3.68. The summed E-state index contributed by atoms with van der Waals surface area (Å²) in [6, 6.07) is 11.3. The van der Waals surface area contributed by atoms with E-state index < -0.39 is 0 Å². The number of benzene rings is 1. The normalized spacial score (nSPS) is 12.5. The number of aromatic nitrogens is 2. The number of nitrogens with zero attached hydrogens (tertiary/aromatic N) is 2. The molecule has 0 fully saturated rings. The number of imidazole rings is 1. The van der Waals surface area contributed by atoms with Crippen molar-refractivity contribution >= 4 is 0 Å². The van der Waals surface area contributed by atoms with Crippen molar-refractivity contribution in [3.63, 3.8) is 0 Å². The maximum Gasteiger partial charge on any atom is 0.108 e. The number of rotatable bonds is 9. The van der Waals surface area contributed by atoms with Gasteiger partial charge in [0.05, 0.1) is 0 Å². The van der Waals surface area contributed by atoms with Crippen LogP contribution < -0.4 is 5.32 Å². The summed E-state index contributed by atoms with van der Waals surface area (Å²) in [6.45, 7) is 3.32. The van der Waals surface area contributed by atoms with Crippen LogP contribution in [0.4, 0.5) is 0 Å². The Morgan fingerprint density at radius 2 is 1.90 bits per heavy atom. The zero-order valence-corrected chi connectivity index (χ0v) is 13.3. The van der Waals surface area contributed by atoms with Gasteiger partial charge in [-0.25, -0.2) is 4.98 Å². The lowest BCUT2D eigenvalue weighted by molar-refractivity contribution is 0.447. The fourth-order valence-corrected chi connectivity index (χ4v) is 2.62. The number of nitrogens with one attached hydrogen (secondary N) is 1. The van der Waals surface area contributed by atoms with Crippen molar-refractivity contribution in [2.24, 2.45) is 7.05 Å². The molecule has 0 bridgehead atoms. The van der Waals surface area contributed by atoms with E-state index in [4.69, 9.17) is 0 Å². The number of hydrogen-bond donors (Lipinski definition) is 1. The van der Waals surface area contributed by atoms with Crippen molar-refractivity contribution in [3.8, 4) is 0 Å². The molecule has 21 heavy (non-hydrogen) atoms. The second-order valence-corrected chi connectivity index (χ2v) is 5.67. The van der Waals surface area contributed by atoms with E-state index in [9.17, 15) is 0 Å². The van der Waals surface area contributed by atoms with E-state index in [1.807, 2.05) is 12.4 Å². The van der Waals surface area contributed by atoms with Crippen molar-refractivity contribution in [1.82, 2.24) is 14.9 Å². The summed E-state index contributed by atoms with van der Waals surface area (Å²) in [4.78, 5) is 4.42. The molecule has 1 atom stereocenters. The topological polar surface area (TPSA) is 29.9 Å². The van der Waals surface area contributed by atoms with Crippen LogP contribution in [0.15, 0.2) is 42.7 Å². The number of hydrogen-bond acceptors (Lipinski definition) is 2. The fraction of sp³-hybridized carbons (Fsp3) is 0.500. The smallest absolute Gasteiger partial charge is 0.108 e. The van der Waals surface area contributed by atoms with Gasteiger partial charge in [0.1, 0.15) is 5.82 Å². The molecular formula is C18H27N3. The van der Waals surface area contributed by atoms with E-state index in [1.54, 1.807) is 0 Å². The molecular weight excluding hydrogens is 258 g/mol. The van der Waals surface area contributed by atoms with E-state index in [1.165, 1.54) is 24.2 Å². The largest absolute Gasteiger partial charge is 0.338 e. The fourth-order valence-electron chi connectivity index (χ4n) is 2.62. The first-order chi connectivity index (χ1) is 10.3. The maximum absolute atomic E-state index is 4.42. The van der Waals surface area contributed by atoms with Crippen LogP contribution in [0.1, 0.15) is 37.6 Å². The van der Waals surface area contributed by atoms with E-state index in [0.29, 0.717) is 6.04 Å². The van der Waals surface area contributed by atoms with Crippen molar-refractivity contribution in [2.45, 2.75) is 45.1 Å². The second-order valence-electron chi connectivity index (χ2n) is 5.67. The van der Waals surface area contributed by atoms with Gasteiger partial charge in [-0.05, 0) is 37.8 Å². The highest BCUT2D eigenvalue weighted by molar-refractivity contribution is 5.14. The molecule has 0 saturated carbocycles. The molecule has 1 heterocycles. The summed E-state index contributed by atoms with van der Waals surface area (Å²) in [5.74, 6) is 1.18. The standard InChI is InChI=1S/C18H27N3/c1-3-13-19-17(10-9-16-7-5-4-6-8-16)11-12-18-20-14-15-21(18)2/h4-8,14-15,17,19H,3,9-13H2,1-2H3. The van der Waals surface area contributed by atoms with Gasteiger partial charge in [0.15, 0.2) is 0 Å². The molecule has 1 aromatic heterocycles. The third-order valence-corrected chi connectivity index (χ3v) is 3.94. The molecule has 3 nitrogen and oxygen atoms in total. The monoisotopic (exact) mass is 285 g/mol. The quantitative estimate of drug-likeness (QED) is 0.765. The molecule has 0 spiro atoms. The Kier molecular flexibility index (Phi) is 6.48. The molecule has 0 radical (unpaired) electrons. The minimum Gasteiger partial charge on any atom is -0.338 e. The molecule has 0 aliphatic heterocycles. The van der Waals surface area contributed by atoms with Crippen molar-refractivity contribution in [3.05, 3.63) is 54.1 Å². The Hall–Kier alpha value is -1.61. The Morgan fingerprint density at radius 1 is 1.14 bits per heavy atom. The minimum absolute atomic E-state index is 0.571. The van der Waals surface area contributed by atoms with Gasteiger partial charge < -0.3 is 9.88 Å². The third kappa shape index (κ3) is 5.35. The summed E-state index contributed by atoms with van der Waals surface area (Å²) in [6.07, 6.45) is 9.61. The number of aryl methyl sites for hydroxylation is 3. The highest BCUT2D eigenvalue weighted by Crippen LogP contribution is 2.10. The summed E-state index contributed by atoms with van der Waals surface area (Å²) >= 11 is 0. The molecule has 2 aromatic rings. The molecule has 0 aliphatic carbocycles. The van der Waals surface area contributed by atoms with Gasteiger partial charge >= 0.3 is 0 Å². The van der Waals surface area contributed by atoms with E-state index in [0.717, 1.165) is 25.8 Å². The highest BCUT2D eigenvalue weighted by atomic mass is 15.0. The minimum atomic E-state index is 0.571. The van der Waals surface area contributed by atoms with Gasteiger partial charge in [0.25, 0.3) is 0 Å². The average Bonchev–Trinajstić information content (AvgIpc) is 2.93. The Labute approximate surface area is 128 Å². The van der Waals surface area contributed by atoms with Gasteiger partial charge in [-0.1, -0.05) is 37.3 Å². The van der Waals surface area contributed by atoms with Crippen LogP contribution in [-0.2, 0) is 19.9 Å². The molecule has 114 valence electrons. The molecule has 1 unspecified atom stereocenters. The molecule has 1 N–H and O–H groups in total. The van der Waals surface area contributed by atoms with E-state index >= 15 is 0 Å². The zero-order valence-electron chi connectivity index (χ0n) is 13.3. The van der Waals surface area contributed by atoms with Gasteiger partial charge in [-0.3, -0.25) is 0 Å². The first-order valence-corrected chi connectivity index (χ1v) is 8.03. The summed E-state index contributed by atoms with van der Waals surface area (Å²) in [5.41, 5.74) is 1.43. The van der Waals surface area contributed by atoms with E-state index in [-0.39, 0.29) is 0 Å². The molecule has 0 saturated heterocycles. The molecule has 3 heteroatoms. The molecule has 0 aliphatic rings. The molecule has 2 rings (SSSR count). The maximum atomic E-state index is 4.42. The van der Waals surface area contributed by atoms with Crippen LogP contribution >= 0.6 is 0 Å². The third-order valence-electron chi connectivity index (χ3n) is 3.94. The van der Waals surface area contributed by atoms with Crippen LogP contribution in [0.2, 0.25) is 0 Å². The highest BCUT2D eigenvalue weighted by Gasteiger charge is 2.10. The lowest BCUT2D eigenvalue weighted by atomic mass is 10.0. The van der Waals surface area contributed by atoms with Crippen LogP contribution in [0.5, 0.6) is 0 Å². The lowest BCUT2D eigenvalue weighted by Gasteiger charge is -2.18. The predicted molar refractivity (Wildman–Crippen MR) is 88.4 cm³/mol. The lowest BCUT2D eigenvalue weighted by Crippen LogP contribution is -2.31. The van der Waals surface area contributed by atoms with Gasteiger partial charge in [-0.15, -0.1) is 0 Å².